The van der Waals surface area contributed by atoms with Gasteiger partial charge in [-0.15, -0.1) is 0 Å². The standard InChI is InChI=1S/C18H26N4O2/c1-14-11-17(21(3)20-14)19-18(24)13-22(15(2)9-10-23)12-16-7-5-4-6-8-16/h4-8,11,15,23H,9-10,12-13H2,1-3H3,(H,19,24). The second-order valence-corrected chi connectivity index (χ2v) is 6.09. The van der Waals surface area contributed by atoms with Gasteiger partial charge < -0.3 is 10.4 Å². The van der Waals surface area contributed by atoms with Gasteiger partial charge in [0.05, 0.1) is 12.2 Å². The fraction of sp³-hybridized carbons (Fsp3) is 0.444. The lowest BCUT2D eigenvalue weighted by Crippen LogP contribution is -2.39. The number of hydrogen-bond donors (Lipinski definition) is 2. The predicted octanol–water partition coefficient (Wildman–Crippen LogP) is 1.94. The highest BCUT2D eigenvalue weighted by atomic mass is 16.3. The molecule has 1 atom stereocenters. The van der Waals surface area contributed by atoms with E-state index in [1.54, 1.807) is 11.7 Å². The molecule has 130 valence electrons. The third kappa shape index (κ3) is 5.18. The van der Waals surface area contributed by atoms with Gasteiger partial charge in [-0.1, -0.05) is 30.3 Å². The van der Waals surface area contributed by atoms with Crippen LogP contribution >= 0.6 is 0 Å². The summed E-state index contributed by atoms with van der Waals surface area (Å²) in [4.78, 5) is 14.5. The van der Waals surface area contributed by atoms with E-state index in [0.29, 0.717) is 18.8 Å². The van der Waals surface area contributed by atoms with E-state index >= 15 is 0 Å². The molecule has 0 fully saturated rings. The van der Waals surface area contributed by atoms with E-state index in [4.69, 9.17) is 0 Å². The van der Waals surface area contributed by atoms with Gasteiger partial charge >= 0.3 is 0 Å². The summed E-state index contributed by atoms with van der Waals surface area (Å²) in [7, 11) is 1.80. The summed E-state index contributed by atoms with van der Waals surface area (Å²) in [5.74, 6) is 0.602. The van der Waals surface area contributed by atoms with Crippen LogP contribution in [0.5, 0.6) is 0 Å². The number of anilines is 1. The molecule has 2 N–H and O–H groups in total. The number of aliphatic hydroxyl groups excluding tert-OH is 1. The number of nitrogens with zero attached hydrogens (tertiary/aromatic N) is 3. The Kier molecular flexibility index (Phi) is 6.52. The molecule has 0 aliphatic heterocycles. The molecule has 0 saturated heterocycles. The number of aliphatic hydroxyl groups is 1. The van der Waals surface area contributed by atoms with Crippen molar-refractivity contribution < 1.29 is 9.90 Å². The van der Waals surface area contributed by atoms with Crippen molar-refractivity contribution in [3.63, 3.8) is 0 Å². The van der Waals surface area contributed by atoms with Gasteiger partial charge in [0.25, 0.3) is 0 Å². The van der Waals surface area contributed by atoms with E-state index in [-0.39, 0.29) is 25.1 Å². The summed E-state index contributed by atoms with van der Waals surface area (Å²) >= 11 is 0. The topological polar surface area (TPSA) is 70.4 Å². The highest BCUT2D eigenvalue weighted by Gasteiger charge is 2.18. The minimum Gasteiger partial charge on any atom is -0.396 e. The van der Waals surface area contributed by atoms with E-state index in [9.17, 15) is 9.90 Å². The first-order valence-electron chi connectivity index (χ1n) is 8.19. The van der Waals surface area contributed by atoms with E-state index in [1.165, 1.54) is 0 Å². The average Bonchev–Trinajstić information content (AvgIpc) is 2.85. The lowest BCUT2D eigenvalue weighted by atomic mass is 10.1. The van der Waals surface area contributed by atoms with Crippen molar-refractivity contribution in [1.29, 1.82) is 0 Å². The molecular formula is C18H26N4O2. The number of nitrogens with one attached hydrogen (secondary N) is 1. The number of aryl methyl sites for hydroxylation is 2. The minimum atomic E-state index is -0.0845. The zero-order valence-electron chi connectivity index (χ0n) is 14.6. The van der Waals surface area contributed by atoms with E-state index in [1.807, 2.05) is 50.2 Å². The zero-order chi connectivity index (χ0) is 17.5. The predicted molar refractivity (Wildman–Crippen MR) is 94.6 cm³/mol. The highest BCUT2D eigenvalue weighted by molar-refractivity contribution is 5.91. The Hall–Kier alpha value is -2.18. The molecule has 1 aromatic heterocycles. The average molecular weight is 330 g/mol. The van der Waals surface area contributed by atoms with Crippen LogP contribution in [-0.2, 0) is 18.4 Å². The Bertz CT molecular complexity index is 654. The first-order valence-corrected chi connectivity index (χ1v) is 8.19. The van der Waals surface area contributed by atoms with Crippen molar-refractivity contribution in [2.45, 2.75) is 32.9 Å². The smallest absolute Gasteiger partial charge is 0.239 e. The number of carbonyl (C=O) groups is 1. The van der Waals surface area contributed by atoms with Gasteiger partial charge in [0, 0.05) is 32.3 Å². The number of aromatic nitrogens is 2. The Labute approximate surface area is 143 Å². The monoisotopic (exact) mass is 330 g/mol. The Morgan fingerprint density at radius 3 is 2.67 bits per heavy atom. The molecule has 1 unspecified atom stereocenters. The van der Waals surface area contributed by atoms with Crippen LogP contribution in [-0.4, -0.2) is 44.9 Å². The van der Waals surface area contributed by atoms with E-state index in [0.717, 1.165) is 11.3 Å². The van der Waals surface area contributed by atoms with Crippen LogP contribution in [0.3, 0.4) is 0 Å². The molecular weight excluding hydrogens is 304 g/mol. The second kappa shape index (κ2) is 8.61. The second-order valence-electron chi connectivity index (χ2n) is 6.09. The lowest BCUT2D eigenvalue weighted by Gasteiger charge is -2.28. The highest BCUT2D eigenvalue weighted by Crippen LogP contribution is 2.12. The largest absolute Gasteiger partial charge is 0.396 e. The van der Waals surface area contributed by atoms with Gasteiger partial charge in [0.2, 0.25) is 5.91 Å². The maximum absolute atomic E-state index is 12.4. The summed E-state index contributed by atoms with van der Waals surface area (Å²) in [6.45, 7) is 4.95. The van der Waals surface area contributed by atoms with Crippen molar-refractivity contribution in [2.75, 3.05) is 18.5 Å². The molecule has 2 aromatic rings. The van der Waals surface area contributed by atoms with Crippen LogP contribution in [0.25, 0.3) is 0 Å². The molecule has 0 aliphatic carbocycles. The zero-order valence-corrected chi connectivity index (χ0v) is 14.6. The van der Waals surface area contributed by atoms with Crippen molar-refractivity contribution in [2.24, 2.45) is 7.05 Å². The number of carbonyl (C=O) groups excluding carboxylic acids is 1. The fourth-order valence-corrected chi connectivity index (χ4v) is 2.65. The first kappa shape index (κ1) is 18.2. The molecule has 0 saturated carbocycles. The molecule has 2 rings (SSSR count). The summed E-state index contributed by atoms with van der Waals surface area (Å²) in [5, 5.41) is 16.4. The van der Waals surface area contributed by atoms with Gasteiger partial charge in [-0.05, 0) is 25.8 Å². The summed E-state index contributed by atoms with van der Waals surface area (Å²) in [5.41, 5.74) is 2.01. The van der Waals surface area contributed by atoms with Gasteiger partial charge in [-0.2, -0.15) is 5.10 Å². The minimum absolute atomic E-state index is 0.0845. The van der Waals surface area contributed by atoms with Crippen LogP contribution < -0.4 is 5.32 Å². The van der Waals surface area contributed by atoms with Crippen molar-refractivity contribution in [3.8, 4) is 0 Å². The van der Waals surface area contributed by atoms with Crippen LogP contribution in [0.1, 0.15) is 24.6 Å². The fourth-order valence-electron chi connectivity index (χ4n) is 2.65. The summed E-state index contributed by atoms with van der Waals surface area (Å²) in [6.07, 6.45) is 0.630. The van der Waals surface area contributed by atoms with Crippen LogP contribution in [0.4, 0.5) is 5.82 Å². The van der Waals surface area contributed by atoms with E-state index < -0.39 is 0 Å². The van der Waals surface area contributed by atoms with Gasteiger partial charge in [0.15, 0.2) is 0 Å². The molecule has 0 aliphatic rings. The maximum Gasteiger partial charge on any atom is 0.239 e. The normalized spacial score (nSPS) is 12.4. The molecule has 6 heteroatoms. The molecule has 0 radical (unpaired) electrons. The first-order chi connectivity index (χ1) is 11.5. The van der Waals surface area contributed by atoms with Crippen LogP contribution in [0, 0.1) is 6.92 Å². The third-order valence-electron chi connectivity index (χ3n) is 4.01. The van der Waals surface area contributed by atoms with E-state index in [2.05, 4.69) is 15.3 Å². The van der Waals surface area contributed by atoms with Crippen molar-refractivity contribution in [1.82, 2.24) is 14.7 Å². The molecule has 1 aromatic carbocycles. The molecule has 0 bridgehead atoms. The Morgan fingerprint density at radius 1 is 1.38 bits per heavy atom. The SMILES string of the molecule is Cc1cc(NC(=O)CN(Cc2ccccc2)C(C)CCO)n(C)n1. The van der Waals surface area contributed by atoms with Gasteiger partial charge in [0.1, 0.15) is 5.82 Å². The number of hydrogen-bond acceptors (Lipinski definition) is 4. The quantitative estimate of drug-likeness (QED) is 0.776. The number of amides is 1. The summed E-state index contributed by atoms with van der Waals surface area (Å²) in [6, 6.07) is 12.0. The van der Waals surface area contributed by atoms with Crippen LogP contribution in [0.15, 0.2) is 36.4 Å². The number of benzene rings is 1. The Balaban J connectivity index is 2.03. The Morgan fingerprint density at radius 2 is 2.08 bits per heavy atom. The number of rotatable bonds is 8. The van der Waals surface area contributed by atoms with Crippen molar-refractivity contribution >= 4 is 11.7 Å². The van der Waals surface area contributed by atoms with Gasteiger partial charge in [-0.25, -0.2) is 0 Å². The van der Waals surface area contributed by atoms with Gasteiger partial charge in [-0.3, -0.25) is 14.4 Å². The molecule has 0 spiro atoms. The molecule has 24 heavy (non-hydrogen) atoms. The lowest BCUT2D eigenvalue weighted by molar-refractivity contribution is -0.118. The van der Waals surface area contributed by atoms with Crippen LogP contribution in [0.2, 0.25) is 0 Å². The summed E-state index contributed by atoms with van der Waals surface area (Å²) < 4.78 is 1.66. The molecule has 6 nitrogen and oxygen atoms in total. The van der Waals surface area contributed by atoms with Crippen molar-refractivity contribution in [3.05, 3.63) is 47.7 Å². The third-order valence-corrected chi connectivity index (χ3v) is 4.01. The molecule has 1 amide bonds. The molecule has 1 heterocycles. The maximum atomic E-state index is 12.4.